The van der Waals surface area contributed by atoms with Crippen molar-refractivity contribution in [2.45, 2.75) is 66.1 Å². The molecule has 0 fully saturated rings. The van der Waals surface area contributed by atoms with E-state index in [1.165, 1.54) is 4.88 Å². The van der Waals surface area contributed by atoms with Crippen molar-refractivity contribution in [3.63, 3.8) is 0 Å². The Balaban J connectivity index is 0.00000529. The number of nitrogens with one attached hydrogen (secondary N) is 2. The van der Waals surface area contributed by atoms with Gasteiger partial charge in [0, 0.05) is 36.6 Å². The molecular weight excluding hydrogens is 431 g/mol. The summed E-state index contributed by atoms with van der Waals surface area (Å²) in [7, 11) is 0. The van der Waals surface area contributed by atoms with E-state index in [-0.39, 0.29) is 30.0 Å². The number of thiophene rings is 1. The molecule has 1 atom stereocenters. The molecule has 140 valence electrons. The summed E-state index contributed by atoms with van der Waals surface area (Å²) >= 11 is 1.78. The van der Waals surface area contributed by atoms with Crippen LogP contribution < -0.4 is 10.6 Å². The van der Waals surface area contributed by atoms with Crippen molar-refractivity contribution in [1.82, 2.24) is 15.5 Å². The maximum Gasteiger partial charge on any atom is 0.191 e. The number of nitrogens with zero attached hydrogens (tertiary/aromatic N) is 2. The average Bonchev–Trinajstić information content (AvgIpc) is 3.00. The van der Waals surface area contributed by atoms with E-state index in [1.54, 1.807) is 11.3 Å². The first-order valence-electron chi connectivity index (χ1n) is 8.79. The summed E-state index contributed by atoms with van der Waals surface area (Å²) < 4.78 is 0. The van der Waals surface area contributed by atoms with Crippen LogP contribution in [0, 0.1) is 0 Å². The van der Waals surface area contributed by atoms with Crippen LogP contribution in [-0.4, -0.2) is 42.6 Å². The second kappa shape index (κ2) is 12.9. The van der Waals surface area contributed by atoms with Gasteiger partial charge in [0.15, 0.2) is 5.96 Å². The van der Waals surface area contributed by atoms with Crippen LogP contribution in [0.1, 0.15) is 58.9 Å². The van der Waals surface area contributed by atoms with Crippen LogP contribution in [0.2, 0.25) is 0 Å². The first kappa shape index (κ1) is 23.7. The van der Waals surface area contributed by atoms with Crippen LogP contribution in [0.3, 0.4) is 0 Å². The zero-order valence-electron chi connectivity index (χ0n) is 16.0. The third-order valence-corrected chi connectivity index (χ3v) is 4.89. The van der Waals surface area contributed by atoms with E-state index >= 15 is 0 Å². The lowest BCUT2D eigenvalue weighted by Crippen LogP contribution is -2.39. The predicted octanol–water partition coefficient (Wildman–Crippen LogP) is 4.49. The summed E-state index contributed by atoms with van der Waals surface area (Å²) in [6.45, 7) is 16.2. The van der Waals surface area contributed by atoms with E-state index in [0.717, 1.165) is 32.0 Å². The van der Waals surface area contributed by atoms with Crippen molar-refractivity contribution in [2.24, 2.45) is 4.99 Å². The molecule has 0 aliphatic rings. The molecule has 1 aromatic rings. The highest BCUT2D eigenvalue weighted by Gasteiger charge is 2.12. The van der Waals surface area contributed by atoms with Gasteiger partial charge in [-0.2, -0.15) is 0 Å². The van der Waals surface area contributed by atoms with Gasteiger partial charge in [-0.15, -0.1) is 35.3 Å². The van der Waals surface area contributed by atoms with Crippen LogP contribution in [0.4, 0.5) is 0 Å². The van der Waals surface area contributed by atoms with E-state index in [9.17, 15) is 0 Å². The highest BCUT2D eigenvalue weighted by Crippen LogP contribution is 2.17. The first-order valence-corrected chi connectivity index (χ1v) is 9.67. The third-order valence-electron chi connectivity index (χ3n) is 3.84. The standard InChI is InChI=1S/C18H34N4S.HI/c1-7-19-18(21-16(6)17-10-8-13-23-17)20-11-9-12-22(14(2)3)15(4)5;/h8,10,13-16H,7,9,11-12H2,1-6H3,(H2,19,20,21);1H. The summed E-state index contributed by atoms with van der Waals surface area (Å²) in [6.07, 6.45) is 1.08. The van der Waals surface area contributed by atoms with Crippen molar-refractivity contribution in [3.05, 3.63) is 22.4 Å². The van der Waals surface area contributed by atoms with Gasteiger partial charge in [0.25, 0.3) is 0 Å². The van der Waals surface area contributed by atoms with Crippen molar-refractivity contribution in [3.8, 4) is 0 Å². The van der Waals surface area contributed by atoms with Gasteiger partial charge < -0.3 is 10.6 Å². The summed E-state index contributed by atoms with van der Waals surface area (Å²) in [5.74, 6) is 0.911. The van der Waals surface area contributed by atoms with Gasteiger partial charge in [0.1, 0.15) is 0 Å². The monoisotopic (exact) mass is 466 g/mol. The molecule has 0 spiro atoms. The van der Waals surface area contributed by atoms with Crippen LogP contribution in [0.5, 0.6) is 0 Å². The van der Waals surface area contributed by atoms with Gasteiger partial charge in [0.05, 0.1) is 6.04 Å². The molecule has 6 heteroatoms. The Morgan fingerprint density at radius 2 is 1.88 bits per heavy atom. The molecular formula is C18H35IN4S. The molecule has 0 amide bonds. The SMILES string of the molecule is CCNC(=NCCCN(C(C)C)C(C)C)NC(C)c1cccs1.I. The number of halogens is 1. The zero-order chi connectivity index (χ0) is 17.2. The van der Waals surface area contributed by atoms with E-state index in [1.807, 2.05) is 0 Å². The summed E-state index contributed by atoms with van der Waals surface area (Å²) in [6, 6.07) is 5.72. The molecule has 0 aromatic carbocycles. The van der Waals surface area contributed by atoms with Gasteiger partial charge >= 0.3 is 0 Å². The van der Waals surface area contributed by atoms with Crippen molar-refractivity contribution >= 4 is 41.3 Å². The molecule has 1 aromatic heterocycles. The minimum atomic E-state index is 0. The van der Waals surface area contributed by atoms with Crippen molar-refractivity contribution < 1.29 is 0 Å². The van der Waals surface area contributed by atoms with Gasteiger partial charge in [-0.1, -0.05) is 6.07 Å². The van der Waals surface area contributed by atoms with Crippen LogP contribution in [0.15, 0.2) is 22.5 Å². The Morgan fingerprint density at radius 1 is 1.21 bits per heavy atom. The highest BCUT2D eigenvalue weighted by atomic mass is 127. The first-order chi connectivity index (χ1) is 11.0. The van der Waals surface area contributed by atoms with E-state index in [2.05, 4.69) is 74.6 Å². The zero-order valence-corrected chi connectivity index (χ0v) is 19.2. The minimum Gasteiger partial charge on any atom is -0.357 e. The number of rotatable bonds is 9. The molecule has 0 aliphatic heterocycles. The van der Waals surface area contributed by atoms with E-state index in [4.69, 9.17) is 4.99 Å². The Kier molecular flexibility index (Phi) is 12.8. The molecule has 0 bridgehead atoms. The summed E-state index contributed by atoms with van der Waals surface area (Å²) in [5.41, 5.74) is 0. The van der Waals surface area contributed by atoms with Crippen LogP contribution >= 0.6 is 35.3 Å². The lowest BCUT2D eigenvalue weighted by Gasteiger charge is -2.30. The molecule has 0 saturated heterocycles. The quantitative estimate of drug-likeness (QED) is 0.244. The van der Waals surface area contributed by atoms with Crippen molar-refractivity contribution in [2.75, 3.05) is 19.6 Å². The Hall–Kier alpha value is -0.340. The number of hydrogen-bond donors (Lipinski definition) is 2. The van der Waals surface area contributed by atoms with Gasteiger partial charge in [-0.05, 0) is 59.4 Å². The molecule has 2 N–H and O–H groups in total. The second-order valence-electron chi connectivity index (χ2n) is 6.42. The maximum absolute atomic E-state index is 4.73. The second-order valence-corrected chi connectivity index (χ2v) is 7.40. The minimum absolute atomic E-state index is 0. The van der Waals surface area contributed by atoms with Crippen LogP contribution in [0.25, 0.3) is 0 Å². The maximum atomic E-state index is 4.73. The van der Waals surface area contributed by atoms with Gasteiger partial charge in [-0.3, -0.25) is 9.89 Å². The van der Waals surface area contributed by atoms with Gasteiger partial charge in [-0.25, -0.2) is 0 Å². The topological polar surface area (TPSA) is 39.7 Å². The lowest BCUT2D eigenvalue weighted by molar-refractivity contribution is 0.174. The normalized spacial score (nSPS) is 13.3. The smallest absolute Gasteiger partial charge is 0.191 e. The molecule has 24 heavy (non-hydrogen) atoms. The third kappa shape index (κ3) is 8.67. The lowest BCUT2D eigenvalue weighted by atomic mass is 10.2. The molecule has 1 heterocycles. The van der Waals surface area contributed by atoms with E-state index < -0.39 is 0 Å². The molecule has 0 aliphatic carbocycles. The summed E-state index contributed by atoms with van der Waals surface area (Å²) in [4.78, 5) is 8.58. The Morgan fingerprint density at radius 3 is 2.38 bits per heavy atom. The number of guanidine groups is 1. The molecule has 4 nitrogen and oxygen atoms in total. The molecule has 0 radical (unpaired) electrons. The fourth-order valence-corrected chi connectivity index (χ4v) is 3.43. The highest BCUT2D eigenvalue weighted by molar-refractivity contribution is 14.0. The van der Waals surface area contributed by atoms with E-state index in [0.29, 0.717) is 12.1 Å². The predicted molar refractivity (Wildman–Crippen MR) is 119 cm³/mol. The fraction of sp³-hybridized carbons (Fsp3) is 0.722. The van der Waals surface area contributed by atoms with Crippen molar-refractivity contribution in [1.29, 1.82) is 0 Å². The fourth-order valence-electron chi connectivity index (χ4n) is 2.69. The molecule has 0 saturated carbocycles. The average molecular weight is 466 g/mol. The molecule has 1 rings (SSSR count). The Bertz CT molecular complexity index is 438. The largest absolute Gasteiger partial charge is 0.357 e. The number of aliphatic imine (C=N–C) groups is 1. The summed E-state index contributed by atoms with van der Waals surface area (Å²) in [5, 5.41) is 8.94. The molecule has 1 unspecified atom stereocenters. The van der Waals surface area contributed by atoms with Crippen LogP contribution in [-0.2, 0) is 0 Å². The van der Waals surface area contributed by atoms with Gasteiger partial charge in [0.2, 0.25) is 0 Å². The Labute approximate surface area is 169 Å². The number of hydrogen-bond acceptors (Lipinski definition) is 3.